The third kappa shape index (κ3) is 2.18. The number of anilines is 2. The zero-order chi connectivity index (χ0) is 13.1. The fourth-order valence-corrected chi connectivity index (χ4v) is 1.97. The lowest BCUT2D eigenvalue weighted by atomic mass is 10.1. The number of aromatic nitrogens is 1. The molecule has 0 amide bonds. The highest BCUT2D eigenvalue weighted by Gasteiger charge is 2.18. The van der Waals surface area contributed by atoms with Gasteiger partial charge in [0.05, 0.1) is 11.3 Å². The number of aromatic amines is 1. The van der Waals surface area contributed by atoms with Crippen LogP contribution in [0.5, 0.6) is 0 Å². The van der Waals surface area contributed by atoms with Gasteiger partial charge in [0.1, 0.15) is 5.69 Å². The van der Waals surface area contributed by atoms with Crippen LogP contribution in [0.2, 0.25) is 0 Å². The molecule has 0 spiro atoms. The lowest BCUT2D eigenvalue weighted by Gasteiger charge is -2.07. The van der Waals surface area contributed by atoms with Crippen molar-refractivity contribution in [3.05, 3.63) is 47.3 Å². The molecule has 2 N–H and O–H groups in total. The van der Waals surface area contributed by atoms with Crippen molar-refractivity contribution in [1.82, 2.24) is 4.98 Å². The molecule has 2 rings (SSSR count). The van der Waals surface area contributed by atoms with Crippen LogP contribution >= 0.6 is 0 Å². The van der Waals surface area contributed by atoms with Crippen molar-refractivity contribution in [2.75, 3.05) is 5.32 Å². The van der Waals surface area contributed by atoms with Gasteiger partial charge in [0.25, 0.3) is 0 Å². The molecule has 0 radical (unpaired) electrons. The highest BCUT2D eigenvalue weighted by molar-refractivity contribution is 6.05. The van der Waals surface area contributed by atoms with Crippen LogP contribution in [0.1, 0.15) is 33.5 Å². The number of nitrogens with one attached hydrogen (secondary N) is 2. The second-order valence-electron chi connectivity index (χ2n) is 4.08. The molecule has 4 heteroatoms. The van der Waals surface area contributed by atoms with Gasteiger partial charge in [-0.1, -0.05) is 18.2 Å². The number of aryl methyl sites for hydroxylation is 1. The van der Waals surface area contributed by atoms with Crippen LogP contribution in [0.25, 0.3) is 0 Å². The second-order valence-corrected chi connectivity index (χ2v) is 4.08. The summed E-state index contributed by atoms with van der Waals surface area (Å²) in [4.78, 5) is 25.6. The van der Waals surface area contributed by atoms with Gasteiger partial charge in [0.2, 0.25) is 0 Å². The van der Waals surface area contributed by atoms with Gasteiger partial charge >= 0.3 is 0 Å². The summed E-state index contributed by atoms with van der Waals surface area (Å²) in [6, 6.07) is 9.42. The van der Waals surface area contributed by atoms with Gasteiger partial charge < -0.3 is 10.3 Å². The molecule has 1 aromatic heterocycles. The topological polar surface area (TPSA) is 62.0 Å². The summed E-state index contributed by atoms with van der Waals surface area (Å²) in [6.45, 7) is 3.26. The molecule has 0 saturated carbocycles. The molecule has 0 saturated heterocycles. The molecule has 2 aromatic rings. The number of ketones is 1. The number of rotatable bonds is 4. The van der Waals surface area contributed by atoms with Crippen molar-refractivity contribution in [2.24, 2.45) is 0 Å². The Hall–Kier alpha value is -2.36. The average molecular weight is 242 g/mol. The maximum atomic E-state index is 11.6. The zero-order valence-electron chi connectivity index (χ0n) is 10.3. The number of carbonyl (C=O) groups is 2. The van der Waals surface area contributed by atoms with E-state index in [9.17, 15) is 9.59 Å². The smallest absolute Gasteiger partial charge is 0.168 e. The van der Waals surface area contributed by atoms with Crippen molar-refractivity contribution < 1.29 is 9.59 Å². The summed E-state index contributed by atoms with van der Waals surface area (Å²) < 4.78 is 0. The fraction of sp³-hybridized carbons (Fsp3) is 0.143. The number of hydrogen-bond acceptors (Lipinski definition) is 3. The highest BCUT2D eigenvalue weighted by atomic mass is 16.1. The van der Waals surface area contributed by atoms with E-state index < -0.39 is 0 Å². The fourth-order valence-electron chi connectivity index (χ4n) is 1.97. The van der Waals surface area contributed by atoms with Crippen LogP contribution < -0.4 is 5.32 Å². The van der Waals surface area contributed by atoms with Crippen LogP contribution in [0.15, 0.2) is 30.3 Å². The molecule has 0 fully saturated rings. The number of H-pyrrole nitrogens is 1. The van der Waals surface area contributed by atoms with Gasteiger partial charge in [-0.3, -0.25) is 9.59 Å². The van der Waals surface area contributed by atoms with E-state index in [-0.39, 0.29) is 5.78 Å². The number of hydrogen-bond donors (Lipinski definition) is 2. The first kappa shape index (κ1) is 12.1. The first-order valence-electron chi connectivity index (χ1n) is 5.64. The van der Waals surface area contributed by atoms with Crippen molar-refractivity contribution in [3.8, 4) is 0 Å². The molecule has 1 aromatic carbocycles. The summed E-state index contributed by atoms with van der Waals surface area (Å²) in [6.07, 6.45) is 0.713. The minimum atomic E-state index is -0.0738. The van der Waals surface area contributed by atoms with Gasteiger partial charge in [-0.25, -0.2) is 0 Å². The average Bonchev–Trinajstić information content (AvgIpc) is 2.67. The SMILES string of the molecule is CC(=O)c1c(C)[nH]c(C=O)c1Nc1ccccc1. The first-order valence-corrected chi connectivity index (χ1v) is 5.64. The molecule has 0 aliphatic carbocycles. The number of para-hydroxylation sites is 1. The Bertz CT molecular complexity index is 585. The Labute approximate surface area is 105 Å². The third-order valence-corrected chi connectivity index (χ3v) is 2.73. The minimum absolute atomic E-state index is 0.0738. The number of carbonyl (C=O) groups excluding carboxylic acids is 2. The maximum Gasteiger partial charge on any atom is 0.168 e. The molecule has 4 nitrogen and oxygen atoms in total. The predicted molar refractivity (Wildman–Crippen MR) is 70.6 cm³/mol. The number of benzene rings is 1. The van der Waals surface area contributed by atoms with E-state index >= 15 is 0 Å². The van der Waals surface area contributed by atoms with E-state index in [0.717, 1.165) is 5.69 Å². The second kappa shape index (κ2) is 4.87. The van der Waals surface area contributed by atoms with Crippen molar-refractivity contribution in [1.29, 1.82) is 0 Å². The summed E-state index contributed by atoms with van der Waals surface area (Å²) >= 11 is 0. The van der Waals surface area contributed by atoms with Crippen LogP contribution in [0, 0.1) is 6.92 Å². The Balaban J connectivity index is 2.48. The van der Waals surface area contributed by atoms with E-state index in [1.807, 2.05) is 30.3 Å². The molecule has 18 heavy (non-hydrogen) atoms. The Morgan fingerprint density at radius 3 is 2.50 bits per heavy atom. The van der Waals surface area contributed by atoms with Gasteiger partial charge in [-0.2, -0.15) is 0 Å². The normalized spacial score (nSPS) is 10.1. The van der Waals surface area contributed by atoms with Crippen LogP contribution in [0.4, 0.5) is 11.4 Å². The summed E-state index contributed by atoms with van der Waals surface area (Å²) in [7, 11) is 0. The van der Waals surface area contributed by atoms with Crippen molar-refractivity contribution >= 4 is 23.4 Å². The van der Waals surface area contributed by atoms with E-state index in [4.69, 9.17) is 0 Å². The molecule has 0 aliphatic rings. The zero-order valence-corrected chi connectivity index (χ0v) is 10.3. The standard InChI is InChI=1S/C14H14N2O2/c1-9-13(10(2)18)14(12(8-17)15-9)16-11-6-4-3-5-7-11/h3-8,15-16H,1-2H3. The molecular formula is C14H14N2O2. The van der Waals surface area contributed by atoms with E-state index in [1.165, 1.54) is 6.92 Å². The molecule has 0 bridgehead atoms. The first-order chi connectivity index (χ1) is 8.63. The molecule has 92 valence electrons. The number of Topliss-reactive ketones (excluding diaryl/α,β-unsaturated/α-hetero) is 1. The van der Waals surface area contributed by atoms with Crippen LogP contribution in [0.3, 0.4) is 0 Å². The van der Waals surface area contributed by atoms with Crippen LogP contribution in [-0.4, -0.2) is 17.1 Å². The summed E-state index contributed by atoms with van der Waals surface area (Å²) in [5.41, 5.74) is 2.99. The molecular weight excluding hydrogens is 228 g/mol. The molecule has 0 unspecified atom stereocenters. The Kier molecular flexibility index (Phi) is 3.28. The monoisotopic (exact) mass is 242 g/mol. The maximum absolute atomic E-state index is 11.6. The summed E-state index contributed by atoms with van der Waals surface area (Å²) in [5.74, 6) is -0.0738. The molecule has 0 aliphatic heterocycles. The highest BCUT2D eigenvalue weighted by Crippen LogP contribution is 2.27. The molecule has 0 atom stereocenters. The van der Waals surface area contributed by atoms with Crippen LogP contribution in [-0.2, 0) is 0 Å². The van der Waals surface area contributed by atoms with E-state index in [0.29, 0.717) is 28.9 Å². The summed E-state index contributed by atoms with van der Waals surface area (Å²) in [5, 5.41) is 3.11. The van der Waals surface area contributed by atoms with Crippen molar-refractivity contribution in [2.45, 2.75) is 13.8 Å². The van der Waals surface area contributed by atoms with Crippen molar-refractivity contribution in [3.63, 3.8) is 0 Å². The van der Waals surface area contributed by atoms with Gasteiger partial charge in [-0.15, -0.1) is 0 Å². The third-order valence-electron chi connectivity index (χ3n) is 2.73. The lowest BCUT2D eigenvalue weighted by molar-refractivity contribution is 0.101. The minimum Gasteiger partial charge on any atom is -0.354 e. The predicted octanol–water partition coefficient (Wildman–Crippen LogP) is 3.08. The van der Waals surface area contributed by atoms with Gasteiger partial charge in [0, 0.05) is 11.4 Å². The van der Waals surface area contributed by atoms with E-state index in [1.54, 1.807) is 6.92 Å². The largest absolute Gasteiger partial charge is 0.354 e. The Morgan fingerprint density at radius 1 is 1.28 bits per heavy atom. The van der Waals surface area contributed by atoms with E-state index in [2.05, 4.69) is 10.3 Å². The Morgan fingerprint density at radius 2 is 1.94 bits per heavy atom. The van der Waals surface area contributed by atoms with Gasteiger partial charge in [0.15, 0.2) is 12.1 Å². The number of aldehydes is 1. The molecule has 1 heterocycles. The lowest BCUT2D eigenvalue weighted by Crippen LogP contribution is -2.00. The quantitative estimate of drug-likeness (QED) is 0.639. The van der Waals surface area contributed by atoms with Gasteiger partial charge in [-0.05, 0) is 26.0 Å².